The van der Waals surface area contributed by atoms with Crippen molar-refractivity contribution in [2.24, 2.45) is 11.8 Å². The van der Waals surface area contributed by atoms with Crippen LogP contribution < -0.4 is 0 Å². The molecular weight excluding hydrogens is 352 g/mol. The molecule has 0 aromatic carbocycles. The van der Waals surface area contributed by atoms with Crippen molar-refractivity contribution in [2.45, 2.75) is 130 Å². The Kier molecular flexibility index (Phi) is 23.1. The molecule has 0 bridgehead atoms. The number of unbranched alkanes of at least 4 members (excludes halogenated alkanes) is 9. The molecule has 4 nitrogen and oxygen atoms in total. The van der Waals surface area contributed by atoms with Crippen LogP contribution in [0.25, 0.3) is 0 Å². The second kappa shape index (κ2) is 22.2. The van der Waals surface area contributed by atoms with Gasteiger partial charge in [0.05, 0.1) is 5.92 Å². The first kappa shape index (κ1) is 29.1. The Hall–Kier alpha value is -1.06. The fourth-order valence-electron chi connectivity index (χ4n) is 3.35. The predicted molar refractivity (Wildman–Crippen MR) is 119 cm³/mol. The van der Waals surface area contributed by atoms with Gasteiger partial charge in [0.1, 0.15) is 0 Å². The summed E-state index contributed by atoms with van der Waals surface area (Å²) in [4.78, 5) is 21.3. The molecule has 0 radical (unpaired) electrons. The molecule has 1 atom stereocenters. The topological polar surface area (TPSA) is 74.6 Å². The molecule has 168 valence electrons. The largest absolute Gasteiger partial charge is 0.481 e. The minimum atomic E-state index is -0.663. The van der Waals surface area contributed by atoms with Crippen LogP contribution in [-0.2, 0) is 9.59 Å². The molecule has 0 heterocycles. The molecule has 0 aromatic rings. The van der Waals surface area contributed by atoms with Crippen LogP contribution >= 0.6 is 0 Å². The van der Waals surface area contributed by atoms with E-state index in [-0.39, 0.29) is 5.92 Å². The van der Waals surface area contributed by atoms with E-state index in [1.54, 1.807) is 0 Å². The Morgan fingerprint density at radius 1 is 0.643 bits per heavy atom. The van der Waals surface area contributed by atoms with E-state index in [0.717, 1.165) is 44.9 Å². The van der Waals surface area contributed by atoms with E-state index in [1.807, 2.05) is 6.92 Å². The number of aliphatic carboxylic acids is 2. The van der Waals surface area contributed by atoms with Crippen molar-refractivity contribution in [1.29, 1.82) is 0 Å². The first-order valence-electron chi connectivity index (χ1n) is 11.8. The van der Waals surface area contributed by atoms with Gasteiger partial charge in [0.25, 0.3) is 0 Å². The van der Waals surface area contributed by atoms with E-state index >= 15 is 0 Å². The van der Waals surface area contributed by atoms with Crippen LogP contribution in [0.15, 0.2) is 0 Å². The average molecular weight is 401 g/mol. The van der Waals surface area contributed by atoms with Crippen molar-refractivity contribution in [3.8, 4) is 0 Å². The normalized spacial score (nSPS) is 11.8. The second-order valence-electron chi connectivity index (χ2n) is 8.29. The lowest BCUT2D eigenvalue weighted by Crippen LogP contribution is -2.13. The van der Waals surface area contributed by atoms with Gasteiger partial charge in [-0.25, -0.2) is 0 Å². The average Bonchev–Trinajstić information content (AvgIpc) is 2.63. The quantitative estimate of drug-likeness (QED) is 0.231. The summed E-state index contributed by atoms with van der Waals surface area (Å²) in [5, 5.41) is 17.5. The van der Waals surface area contributed by atoms with Crippen LogP contribution in [0.4, 0.5) is 0 Å². The Morgan fingerprint density at radius 3 is 1.46 bits per heavy atom. The summed E-state index contributed by atoms with van der Waals surface area (Å²) in [6.07, 6.45) is 17.7. The van der Waals surface area contributed by atoms with Gasteiger partial charge in [-0.15, -0.1) is 0 Å². The van der Waals surface area contributed by atoms with Crippen molar-refractivity contribution in [2.75, 3.05) is 0 Å². The van der Waals surface area contributed by atoms with Gasteiger partial charge < -0.3 is 10.2 Å². The molecule has 0 aliphatic rings. The molecule has 0 spiro atoms. The van der Waals surface area contributed by atoms with Crippen molar-refractivity contribution in [3.05, 3.63) is 0 Å². The molecule has 0 amide bonds. The maximum atomic E-state index is 10.9. The molecule has 0 aliphatic carbocycles. The maximum absolute atomic E-state index is 10.9. The van der Waals surface area contributed by atoms with Crippen LogP contribution in [0.3, 0.4) is 0 Å². The summed E-state index contributed by atoms with van der Waals surface area (Å²) in [5.41, 5.74) is 0. The lowest BCUT2D eigenvalue weighted by atomic mass is 9.95. The van der Waals surface area contributed by atoms with E-state index in [1.165, 1.54) is 51.4 Å². The highest BCUT2D eigenvalue weighted by molar-refractivity contribution is 5.69. The summed E-state index contributed by atoms with van der Waals surface area (Å²) >= 11 is 0. The van der Waals surface area contributed by atoms with Gasteiger partial charge in [-0.3, -0.25) is 9.59 Å². The highest BCUT2D eigenvalue weighted by Gasteiger charge is 2.15. The molecular formula is C24H48O4. The summed E-state index contributed by atoms with van der Waals surface area (Å²) in [6.45, 7) is 8.54. The van der Waals surface area contributed by atoms with Crippen LogP contribution in [0, 0.1) is 11.8 Å². The fourth-order valence-corrected chi connectivity index (χ4v) is 3.35. The third-order valence-corrected chi connectivity index (χ3v) is 5.24. The predicted octanol–water partition coefficient (Wildman–Crippen LogP) is 7.70. The van der Waals surface area contributed by atoms with Crippen LogP contribution in [0.1, 0.15) is 130 Å². The third-order valence-electron chi connectivity index (χ3n) is 5.24. The zero-order valence-electron chi connectivity index (χ0n) is 19.2. The van der Waals surface area contributed by atoms with E-state index in [2.05, 4.69) is 20.8 Å². The molecule has 0 aromatic heterocycles. The lowest BCUT2D eigenvalue weighted by molar-refractivity contribution is -0.142. The zero-order valence-corrected chi connectivity index (χ0v) is 19.2. The van der Waals surface area contributed by atoms with Crippen LogP contribution in [0.5, 0.6) is 0 Å². The van der Waals surface area contributed by atoms with E-state index < -0.39 is 11.9 Å². The number of hydrogen-bond acceptors (Lipinski definition) is 2. The SMILES string of the molecule is CCCCCC(CCCCC)C(=O)O.CCCCCCCCC(C)CC(=O)O. The molecule has 0 aliphatic heterocycles. The monoisotopic (exact) mass is 400 g/mol. The van der Waals surface area contributed by atoms with Gasteiger partial charge >= 0.3 is 11.9 Å². The standard InChI is InChI=1S/2C12H24O2/c1-3-4-5-6-7-8-9-11(2)10-12(13)14;1-3-5-7-9-11(12(13)14)10-8-6-4-2/h2*11H,3-10H2,1-2H3,(H,13,14). The minimum Gasteiger partial charge on any atom is -0.481 e. The molecule has 4 heteroatoms. The molecule has 28 heavy (non-hydrogen) atoms. The maximum Gasteiger partial charge on any atom is 0.306 e. The first-order chi connectivity index (χ1) is 13.4. The molecule has 0 fully saturated rings. The number of hydrogen-bond donors (Lipinski definition) is 2. The number of carboxylic acid groups (broad SMARTS) is 2. The molecule has 1 unspecified atom stereocenters. The minimum absolute atomic E-state index is 0.0897. The van der Waals surface area contributed by atoms with Gasteiger partial charge in [0.15, 0.2) is 0 Å². The lowest BCUT2D eigenvalue weighted by Gasteiger charge is -2.11. The number of rotatable bonds is 18. The van der Waals surface area contributed by atoms with Gasteiger partial charge in [-0.1, -0.05) is 111 Å². The summed E-state index contributed by atoms with van der Waals surface area (Å²) in [6, 6.07) is 0. The fraction of sp³-hybridized carbons (Fsp3) is 0.917. The first-order valence-corrected chi connectivity index (χ1v) is 11.8. The van der Waals surface area contributed by atoms with E-state index in [4.69, 9.17) is 10.2 Å². The second-order valence-corrected chi connectivity index (χ2v) is 8.29. The summed E-state index contributed by atoms with van der Waals surface area (Å²) < 4.78 is 0. The molecule has 0 saturated heterocycles. The van der Waals surface area contributed by atoms with E-state index in [0.29, 0.717) is 12.3 Å². The Balaban J connectivity index is 0. The van der Waals surface area contributed by atoms with Crippen LogP contribution in [0.2, 0.25) is 0 Å². The molecule has 0 saturated carbocycles. The van der Waals surface area contributed by atoms with Gasteiger partial charge in [-0.05, 0) is 18.8 Å². The molecule has 2 N–H and O–H groups in total. The van der Waals surface area contributed by atoms with E-state index in [9.17, 15) is 9.59 Å². The Morgan fingerprint density at radius 2 is 1.04 bits per heavy atom. The van der Waals surface area contributed by atoms with Crippen molar-refractivity contribution in [3.63, 3.8) is 0 Å². The summed E-state index contributed by atoms with van der Waals surface area (Å²) in [5.74, 6) is -1.01. The number of carbonyl (C=O) groups is 2. The Bertz CT molecular complexity index is 345. The van der Waals surface area contributed by atoms with Crippen LogP contribution in [-0.4, -0.2) is 22.2 Å². The van der Waals surface area contributed by atoms with Crippen molar-refractivity contribution >= 4 is 11.9 Å². The van der Waals surface area contributed by atoms with Gasteiger partial charge in [0, 0.05) is 6.42 Å². The van der Waals surface area contributed by atoms with Crippen molar-refractivity contribution < 1.29 is 19.8 Å². The Labute approximate surface area is 174 Å². The number of carboxylic acids is 2. The summed E-state index contributed by atoms with van der Waals surface area (Å²) in [7, 11) is 0. The third kappa shape index (κ3) is 23.0. The van der Waals surface area contributed by atoms with Gasteiger partial charge in [-0.2, -0.15) is 0 Å². The highest BCUT2D eigenvalue weighted by Crippen LogP contribution is 2.17. The smallest absolute Gasteiger partial charge is 0.306 e. The zero-order chi connectivity index (χ0) is 21.6. The highest BCUT2D eigenvalue weighted by atomic mass is 16.4. The van der Waals surface area contributed by atoms with Gasteiger partial charge in [0.2, 0.25) is 0 Å². The van der Waals surface area contributed by atoms with Crippen molar-refractivity contribution in [1.82, 2.24) is 0 Å². The molecule has 0 rings (SSSR count).